The molecule has 0 aliphatic heterocycles. The van der Waals surface area contributed by atoms with Crippen LogP contribution in [0.1, 0.15) is 11.1 Å². The fourth-order valence-corrected chi connectivity index (χ4v) is 1.01. The van der Waals surface area contributed by atoms with Gasteiger partial charge in [0.25, 0.3) is 0 Å². The zero-order chi connectivity index (χ0) is 10.2. The molecule has 1 aromatic rings. The maximum absolute atomic E-state index is 5.13. The van der Waals surface area contributed by atoms with Crippen LogP contribution in [0.2, 0.25) is 0 Å². The second kappa shape index (κ2) is 6.48. The van der Waals surface area contributed by atoms with Crippen molar-refractivity contribution in [3.05, 3.63) is 29.6 Å². The van der Waals surface area contributed by atoms with Crippen molar-refractivity contribution in [3.8, 4) is 0 Å². The first kappa shape index (κ1) is 11.1. The van der Waals surface area contributed by atoms with Crippen LogP contribution in [-0.4, -0.2) is 25.3 Å². The van der Waals surface area contributed by atoms with E-state index >= 15 is 0 Å². The fourth-order valence-electron chi connectivity index (χ4n) is 1.01. The number of rotatable bonds is 6. The number of methoxy groups -OCH3 is 1. The average molecular weight is 196 g/mol. The van der Waals surface area contributed by atoms with Gasteiger partial charge in [0, 0.05) is 26.0 Å². The first-order valence-electron chi connectivity index (χ1n) is 4.57. The van der Waals surface area contributed by atoms with Gasteiger partial charge in [0.15, 0.2) is 0 Å². The monoisotopic (exact) mass is 196 g/mol. The summed E-state index contributed by atoms with van der Waals surface area (Å²) in [6.45, 7) is 3.87. The van der Waals surface area contributed by atoms with Crippen LogP contribution in [0.15, 0.2) is 18.5 Å². The second-order valence-corrected chi connectivity index (χ2v) is 2.96. The van der Waals surface area contributed by atoms with Gasteiger partial charge in [-0.15, -0.1) is 0 Å². The van der Waals surface area contributed by atoms with E-state index in [0.717, 1.165) is 5.56 Å². The van der Waals surface area contributed by atoms with Gasteiger partial charge in [0.1, 0.15) is 0 Å². The summed E-state index contributed by atoms with van der Waals surface area (Å²) in [6, 6.07) is 1.98. The molecule has 0 aliphatic rings. The van der Waals surface area contributed by atoms with E-state index < -0.39 is 0 Å². The Morgan fingerprint density at radius 1 is 1.43 bits per heavy atom. The molecule has 0 fully saturated rings. The quantitative estimate of drug-likeness (QED) is 0.545. The molecule has 0 aromatic carbocycles. The van der Waals surface area contributed by atoms with Crippen molar-refractivity contribution in [2.75, 3.05) is 20.3 Å². The summed E-state index contributed by atoms with van der Waals surface area (Å²) in [7, 11) is 1.65. The molecule has 0 radical (unpaired) electrons. The van der Waals surface area contributed by atoms with Crippen LogP contribution >= 0.6 is 0 Å². The van der Waals surface area contributed by atoms with Crippen LogP contribution in [0, 0.1) is 6.92 Å². The number of pyridine rings is 1. The Morgan fingerprint density at radius 2 is 2.29 bits per heavy atom. The van der Waals surface area contributed by atoms with Gasteiger partial charge in [0.2, 0.25) is 0 Å². The molecule has 1 heterocycles. The molecule has 78 valence electrons. The fraction of sp³-hybridized carbons (Fsp3) is 0.500. The van der Waals surface area contributed by atoms with Crippen molar-refractivity contribution < 1.29 is 9.57 Å². The maximum Gasteiger partial charge on any atom is 0.0916 e. The van der Waals surface area contributed by atoms with E-state index in [4.69, 9.17) is 9.57 Å². The van der Waals surface area contributed by atoms with E-state index in [-0.39, 0.29) is 0 Å². The van der Waals surface area contributed by atoms with E-state index in [1.807, 2.05) is 19.2 Å². The van der Waals surface area contributed by atoms with E-state index in [0.29, 0.717) is 19.8 Å². The summed E-state index contributed by atoms with van der Waals surface area (Å²) in [5, 5.41) is 0. The highest BCUT2D eigenvalue weighted by Crippen LogP contribution is 2.03. The van der Waals surface area contributed by atoms with Crippen LogP contribution in [-0.2, 0) is 16.1 Å². The summed E-state index contributed by atoms with van der Waals surface area (Å²) in [5.41, 5.74) is 5.21. The number of ether oxygens (including phenoxy) is 1. The van der Waals surface area contributed by atoms with Crippen molar-refractivity contribution in [2.45, 2.75) is 13.5 Å². The summed E-state index contributed by atoms with van der Waals surface area (Å²) in [4.78, 5) is 9.17. The summed E-state index contributed by atoms with van der Waals surface area (Å²) in [5.74, 6) is 0. The Balaban J connectivity index is 2.21. The highest BCUT2D eigenvalue weighted by Gasteiger charge is 1.96. The van der Waals surface area contributed by atoms with Gasteiger partial charge in [-0.3, -0.25) is 9.82 Å². The smallest absolute Gasteiger partial charge is 0.0916 e. The maximum atomic E-state index is 5.13. The largest absolute Gasteiger partial charge is 0.382 e. The van der Waals surface area contributed by atoms with E-state index in [1.165, 1.54) is 5.56 Å². The molecule has 1 rings (SSSR count). The van der Waals surface area contributed by atoms with Gasteiger partial charge in [-0.25, -0.2) is 0 Å². The minimum Gasteiger partial charge on any atom is -0.382 e. The molecule has 0 spiro atoms. The zero-order valence-electron chi connectivity index (χ0n) is 8.62. The van der Waals surface area contributed by atoms with Crippen LogP contribution < -0.4 is 5.48 Å². The number of aromatic nitrogens is 1. The summed E-state index contributed by atoms with van der Waals surface area (Å²) in [6.07, 6.45) is 3.62. The van der Waals surface area contributed by atoms with Crippen molar-refractivity contribution in [1.29, 1.82) is 0 Å². The molecule has 0 atom stereocenters. The molecule has 4 heteroatoms. The van der Waals surface area contributed by atoms with Crippen molar-refractivity contribution >= 4 is 0 Å². The van der Waals surface area contributed by atoms with Crippen LogP contribution in [0.25, 0.3) is 0 Å². The molecular formula is C10H16N2O2. The van der Waals surface area contributed by atoms with Crippen molar-refractivity contribution in [2.24, 2.45) is 0 Å². The van der Waals surface area contributed by atoms with E-state index in [1.54, 1.807) is 13.3 Å². The van der Waals surface area contributed by atoms with E-state index in [2.05, 4.69) is 10.5 Å². The van der Waals surface area contributed by atoms with Crippen LogP contribution in [0.4, 0.5) is 0 Å². The Hall–Kier alpha value is -0.970. The molecule has 0 unspecified atom stereocenters. The lowest BCUT2D eigenvalue weighted by Crippen LogP contribution is -2.17. The molecule has 0 saturated heterocycles. The normalized spacial score (nSPS) is 10.4. The number of nitrogens with one attached hydrogen (secondary N) is 1. The Morgan fingerprint density at radius 3 is 3.00 bits per heavy atom. The predicted molar refractivity (Wildman–Crippen MR) is 53.6 cm³/mol. The lowest BCUT2D eigenvalue weighted by atomic mass is 10.2. The average Bonchev–Trinajstić information content (AvgIpc) is 2.20. The third-order valence-corrected chi connectivity index (χ3v) is 1.90. The first-order chi connectivity index (χ1) is 6.84. The molecule has 4 nitrogen and oxygen atoms in total. The molecule has 1 N–H and O–H groups in total. The molecule has 0 aliphatic carbocycles. The third-order valence-electron chi connectivity index (χ3n) is 1.90. The molecule has 14 heavy (non-hydrogen) atoms. The van der Waals surface area contributed by atoms with Crippen molar-refractivity contribution in [3.63, 3.8) is 0 Å². The summed E-state index contributed by atoms with van der Waals surface area (Å²) < 4.78 is 4.84. The van der Waals surface area contributed by atoms with Gasteiger partial charge in [-0.05, 0) is 24.1 Å². The second-order valence-electron chi connectivity index (χ2n) is 2.96. The molecular weight excluding hydrogens is 180 g/mol. The van der Waals surface area contributed by atoms with Gasteiger partial charge >= 0.3 is 0 Å². The lowest BCUT2D eigenvalue weighted by Gasteiger charge is -2.06. The zero-order valence-corrected chi connectivity index (χ0v) is 8.62. The summed E-state index contributed by atoms with van der Waals surface area (Å²) >= 11 is 0. The molecule has 1 aromatic heterocycles. The number of hydroxylamine groups is 1. The third kappa shape index (κ3) is 3.83. The number of nitrogens with zero attached hydrogens (tertiary/aromatic N) is 1. The predicted octanol–water partition coefficient (Wildman–Crippen LogP) is 1.06. The van der Waals surface area contributed by atoms with Gasteiger partial charge < -0.3 is 4.74 Å². The first-order valence-corrected chi connectivity index (χ1v) is 4.57. The standard InChI is InChI=1S/C10H16N2O2/c1-9-3-4-11-7-10(9)8-12-14-6-5-13-2/h3-4,7,12H,5-6,8H2,1-2H3. The van der Waals surface area contributed by atoms with E-state index in [9.17, 15) is 0 Å². The Kier molecular flexibility index (Phi) is 5.14. The number of hydrogen-bond acceptors (Lipinski definition) is 4. The molecule has 0 saturated carbocycles. The van der Waals surface area contributed by atoms with Gasteiger partial charge in [-0.1, -0.05) is 0 Å². The SMILES string of the molecule is COCCONCc1cnccc1C. The molecule has 0 amide bonds. The van der Waals surface area contributed by atoms with Gasteiger partial charge in [0.05, 0.1) is 13.2 Å². The highest BCUT2D eigenvalue weighted by molar-refractivity contribution is 5.20. The van der Waals surface area contributed by atoms with Crippen molar-refractivity contribution in [1.82, 2.24) is 10.5 Å². The minimum atomic E-state index is 0.551. The minimum absolute atomic E-state index is 0.551. The Bertz CT molecular complexity index is 266. The Labute approximate surface area is 84.2 Å². The topological polar surface area (TPSA) is 43.4 Å². The van der Waals surface area contributed by atoms with Crippen LogP contribution in [0.3, 0.4) is 0 Å². The number of hydrogen-bond donors (Lipinski definition) is 1. The highest BCUT2D eigenvalue weighted by atomic mass is 16.7. The molecule has 0 bridgehead atoms. The lowest BCUT2D eigenvalue weighted by molar-refractivity contribution is 0.00336. The number of aryl methyl sites for hydroxylation is 1. The van der Waals surface area contributed by atoms with Crippen LogP contribution in [0.5, 0.6) is 0 Å². The van der Waals surface area contributed by atoms with Gasteiger partial charge in [-0.2, -0.15) is 5.48 Å².